The molecule has 1 atom stereocenters. The van der Waals surface area contributed by atoms with Gasteiger partial charge in [0.15, 0.2) is 0 Å². The smallest absolute Gasteiger partial charge is 0.338 e. The Hall–Kier alpha value is -2.09. The van der Waals surface area contributed by atoms with E-state index >= 15 is 0 Å². The molecule has 0 aromatic heterocycles. The summed E-state index contributed by atoms with van der Waals surface area (Å²) in [5.74, 6) is -0.280. The summed E-state index contributed by atoms with van der Waals surface area (Å²) in [5, 5.41) is 0. The van der Waals surface area contributed by atoms with Gasteiger partial charge in [-0.15, -0.1) is 0 Å². The van der Waals surface area contributed by atoms with Crippen LogP contribution >= 0.6 is 0 Å². The lowest BCUT2D eigenvalue weighted by atomic mass is 9.82. The molecule has 0 aliphatic carbocycles. The Kier molecular flexibility index (Phi) is 5.02. The van der Waals surface area contributed by atoms with Crippen molar-refractivity contribution in [2.24, 2.45) is 0 Å². The standard InChI is InChI=1S/C20H24O2/c1-5-20(3,4)18-13-11-17(12-14-18)19(21)22-15(2)16-9-7-6-8-10-16/h6-15H,5H2,1-4H3. The molecule has 0 heterocycles. The van der Waals surface area contributed by atoms with Crippen molar-refractivity contribution in [2.45, 2.75) is 45.6 Å². The molecule has 0 aliphatic heterocycles. The van der Waals surface area contributed by atoms with Gasteiger partial charge in [0.05, 0.1) is 5.56 Å². The van der Waals surface area contributed by atoms with E-state index in [4.69, 9.17) is 4.74 Å². The molecule has 0 N–H and O–H groups in total. The van der Waals surface area contributed by atoms with E-state index in [2.05, 4.69) is 20.8 Å². The number of carbonyl (C=O) groups excluding carboxylic acids is 1. The van der Waals surface area contributed by atoms with E-state index in [0.717, 1.165) is 12.0 Å². The van der Waals surface area contributed by atoms with Crippen molar-refractivity contribution in [2.75, 3.05) is 0 Å². The molecule has 0 aliphatic rings. The van der Waals surface area contributed by atoms with Crippen molar-refractivity contribution < 1.29 is 9.53 Å². The summed E-state index contributed by atoms with van der Waals surface area (Å²) in [7, 11) is 0. The maximum absolute atomic E-state index is 12.2. The molecule has 2 aromatic rings. The molecule has 2 nitrogen and oxygen atoms in total. The molecule has 116 valence electrons. The Morgan fingerprint density at radius 2 is 1.64 bits per heavy atom. The second kappa shape index (κ2) is 6.78. The highest BCUT2D eigenvalue weighted by atomic mass is 16.5. The topological polar surface area (TPSA) is 26.3 Å². The van der Waals surface area contributed by atoms with Crippen molar-refractivity contribution in [3.63, 3.8) is 0 Å². The van der Waals surface area contributed by atoms with Crippen LogP contribution in [0, 0.1) is 0 Å². The van der Waals surface area contributed by atoms with Gasteiger partial charge in [0, 0.05) is 0 Å². The predicted molar refractivity (Wildman–Crippen MR) is 90.0 cm³/mol. The summed E-state index contributed by atoms with van der Waals surface area (Å²) in [5.41, 5.74) is 2.96. The first kappa shape index (κ1) is 16.3. The van der Waals surface area contributed by atoms with Crippen LogP contribution in [-0.4, -0.2) is 5.97 Å². The van der Waals surface area contributed by atoms with Crippen LogP contribution in [0.3, 0.4) is 0 Å². The number of hydrogen-bond acceptors (Lipinski definition) is 2. The monoisotopic (exact) mass is 296 g/mol. The first-order chi connectivity index (χ1) is 10.4. The first-order valence-corrected chi connectivity index (χ1v) is 7.80. The van der Waals surface area contributed by atoms with Gasteiger partial charge in [-0.2, -0.15) is 0 Å². The number of ether oxygens (including phenoxy) is 1. The maximum Gasteiger partial charge on any atom is 0.338 e. The summed E-state index contributed by atoms with van der Waals surface area (Å²) >= 11 is 0. The van der Waals surface area contributed by atoms with Gasteiger partial charge in [-0.3, -0.25) is 0 Å². The van der Waals surface area contributed by atoms with Crippen LogP contribution < -0.4 is 0 Å². The van der Waals surface area contributed by atoms with Crippen LogP contribution in [0.25, 0.3) is 0 Å². The van der Waals surface area contributed by atoms with Gasteiger partial charge in [-0.25, -0.2) is 4.79 Å². The molecule has 0 spiro atoms. The average Bonchev–Trinajstić information content (AvgIpc) is 2.55. The van der Waals surface area contributed by atoms with Crippen molar-refractivity contribution in [1.29, 1.82) is 0 Å². The van der Waals surface area contributed by atoms with E-state index in [1.54, 1.807) is 0 Å². The van der Waals surface area contributed by atoms with E-state index in [9.17, 15) is 4.79 Å². The van der Waals surface area contributed by atoms with Crippen molar-refractivity contribution in [3.8, 4) is 0 Å². The lowest BCUT2D eigenvalue weighted by Crippen LogP contribution is -2.16. The Balaban J connectivity index is 2.07. The highest BCUT2D eigenvalue weighted by Crippen LogP contribution is 2.27. The number of benzene rings is 2. The molecular formula is C20H24O2. The lowest BCUT2D eigenvalue weighted by molar-refractivity contribution is 0.0338. The Morgan fingerprint density at radius 3 is 2.18 bits per heavy atom. The zero-order chi connectivity index (χ0) is 16.2. The number of hydrogen-bond donors (Lipinski definition) is 0. The number of carbonyl (C=O) groups is 1. The molecule has 0 saturated carbocycles. The molecule has 2 heteroatoms. The highest BCUT2D eigenvalue weighted by molar-refractivity contribution is 5.89. The largest absolute Gasteiger partial charge is 0.454 e. The Bertz CT molecular complexity index is 612. The number of rotatable bonds is 5. The maximum atomic E-state index is 12.2. The predicted octanol–water partition coefficient (Wildman–Crippen LogP) is 5.29. The van der Waals surface area contributed by atoms with Crippen LogP contribution in [0.2, 0.25) is 0 Å². The van der Waals surface area contributed by atoms with Crippen LogP contribution in [-0.2, 0) is 10.2 Å². The van der Waals surface area contributed by atoms with Gasteiger partial charge in [0.1, 0.15) is 6.10 Å². The fraction of sp³-hybridized carbons (Fsp3) is 0.350. The fourth-order valence-corrected chi connectivity index (χ4v) is 2.28. The molecule has 0 radical (unpaired) electrons. The first-order valence-electron chi connectivity index (χ1n) is 7.80. The van der Waals surface area contributed by atoms with E-state index in [-0.39, 0.29) is 17.5 Å². The summed E-state index contributed by atoms with van der Waals surface area (Å²) in [6.45, 7) is 8.47. The third-order valence-electron chi connectivity index (χ3n) is 4.34. The summed E-state index contributed by atoms with van der Waals surface area (Å²) in [4.78, 5) is 12.2. The molecule has 2 aromatic carbocycles. The van der Waals surface area contributed by atoms with E-state index in [1.807, 2.05) is 61.5 Å². The zero-order valence-electron chi connectivity index (χ0n) is 13.8. The fourth-order valence-electron chi connectivity index (χ4n) is 2.28. The Morgan fingerprint density at radius 1 is 1.05 bits per heavy atom. The van der Waals surface area contributed by atoms with Crippen molar-refractivity contribution in [1.82, 2.24) is 0 Å². The molecule has 2 rings (SSSR count). The van der Waals surface area contributed by atoms with Gasteiger partial charge < -0.3 is 4.74 Å². The van der Waals surface area contributed by atoms with E-state index in [0.29, 0.717) is 5.56 Å². The normalized spacial score (nSPS) is 12.7. The molecule has 0 saturated heterocycles. The third-order valence-corrected chi connectivity index (χ3v) is 4.34. The quantitative estimate of drug-likeness (QED) is 0.700. The minimum absolute atomic E-state index is 0.125. The minimum Gasteiger partial charge on any atom is -0.454 e. The summed E-state index contributed by atoms with van der Waals surface area (Å²) in [6.07, 6.45) is 0.808. The molecule has 22 heavy (non-hydrogen) atoms. The third kappa shape index (κ3) is 3.76. The molecule has 0 amide bonds. The van der Waals surface area contributed by atoms with Crippen molar-refractivity contribution in [3.05, 3.63) is 71.3 Å². The van der Waals surface area contributed by atoms with E-state index in [1.165, 1.54) is 5.56 Å². The van der Waals surface area contributed by atoms with Gasteiger partial charge >= 0.3 is 5.97 Å². The minimum atomic E-state index is -0.280. The van der Waals surface area contributed by atoms with Gasteiger partial charge in [-0.1, -0.05) is 63.2 Å². The molecular weight excluding hydrogens is 272 g/mol. The highest BCUT2D eigenvalue weighted by Gasteiger charge is 2.19. The van der Waals surface area contributed by atoms with Gasteiger partial charge in [0.2, 0.25) is 0 Å². The average molecular weight is 296 g/mol. The Labute approximate surface area is 133 Å². The van der Waals surface area contributed by atoms with E-state index < -0.39 is 0 Å². The SMILES string of the molecule is CCC(C)(C)c1ccc(C(=O)OC(C)c2ccccc2)cc1. The van der Waals surface area contributed by atoms with Crippen molar-refractivity contribution >= 4 is 5.97 Å². The van der Waals surface area contributed by atoms with Gasteiger partial charge in [0.25, 0.3) is 0 Å². The number of esters is 1. The summed E-state index contributed by atoms with van der Waals surface area (Å²) < 4.78 is 5.54. The zero-order valence-corrected chi connectivity index (χ0v) is 13.8. The summed E-state index contributed by atoms with van der Waals surface area (Å²) in [6, 6.07) is 17.5. The molecule has 0 bridgehead atoms. The lowest BCUT2D eigenvalue weighted by Gasteiger charge is -2.23. The van der Waals surface area contributed by atoms with Crippen LogP contribution in [0.1, 0.15) is 61.7 Å². The van der Waals surface area contributed by atoms with Crippen LogP contribution in [0.4, 0.5) is 0 Å². The van der Waals surface area contributed by atoms with Crippen LogP contribution in [0.15, 0.2) is 54.6 Å². The molecule has 0 fully saturated rings. The van der Waals surface area contributed by atoms with Gasteiger partial charge in [-0.05, 0) is 42.0 Å². The second-order valence-electron chi connectivity index (χ2n) is 6.27. The van der Waals surface area contributed by atoms with Crippen LogP contribution in [0.5, 0.6) is 0 Å². The second-order valence-corrected chi connectivity index (χ2v) is 6.27. The molecule has 1 unspecified atom stereocenters.